The zero-order valence-corrected chi connectivity index (χ0v) is 12.0. The molecule has 8 N–H and O–H groups in total. The minimum absolute atomic E-state index is 0. The van der Waals surface area contributed by atoms with Crippen molar-refractivity contribution < 1.29 is 45.9 Å². The second-order valence-corrected chi connectivity index (χ2v) is 3.86. The summed E-state index contributed by atoms with van der Waals surface area (Å²) in [7, 11) is 0. The molecular weight excluding hydrogens is 331 g/mol. The van der Waals surface area contributed by atoms with Crippen LogP contribution in [-0.2, 0) is 35.7 Å². The molecule has 0 aliphatic rings. The van der Waals surface area contributed by atoms with Crippen molar-refractivity contribution >= 4 is 23.8 Å². The normalized spacial score (nSPS) is 11.9. The fourth-order valence-electron chi connectivity index (χ4n) is 0.831. The summed E-state index contributed by atoms with van der Waals surface area (Å²) >= 11 is 0. The van der Waals surface area contributed by atoms with Crippen molar-refractivity contribution in [3.63, 3.8) is 0 Å². The summed E-state index contributed by atoms with van der Waals surface area (Å²) in [5, 5.41) is 19.8. The van der Waals surface area contributed by atoms with Crippen LogP contribution in [0, 0.1) is 0 Å². The van der Waals surface area contributed by atoms with E-state index >= 15 is 0 Å². The maximum absolute atomic E-state index is 10.1. The third kappa shape index (κ3) is 18.3. The molecule has 0 bridgehead atoms. The Morgan fingerprint density at radius 3 is 1.14 bits per heavy atom. The Morgan fingerprint density at radius 1 is 0.762 bits per heavy atom. The molecule has 124 valence electrons. The van der Waals surface area contributed by atoms with Gasteiger partial charge in [-0.3, -0.25) is 9.59 Å². The molecule has 0 spiro atoms. The zero-order chi connectivity index (χ0) is 16.3. The standard InChI is InChI=1S/2C5H10N2O3.Ni/c2*6-3(5(9)10)1-2-4(7)8;/h2*3H,1-2,6H2,(H2,7,8)(H,9,10);/q;;+2/p-2. The molecule has 0 heterocycles. The van der Waals surface area contributed by atoms with Gasteiger partial charge in [-0.1, -0.05) is 0 Å². The number of nitrogens with two attached hydrogens (primary N) is 4. The van der Waals surface area contributed by atoms with Crippen LogP contribution in [0.25, 0.3) is 0 Å². The van der Waals surface area contributed by atoms with E-state index in [4.69, 9.17) is 22.9 Å². The minimum atomic E-state index is -1.36. The summed E-state index contributed by atoms with van der Waals surface area (Å²) in [4.78, 5) is 40.0. The van der Waals surface area contributed by atoms with Crippen LogP contribution in [0.2, 0.25) is 0 Å². The number of aliphatic carboxylic acids is 2. The minimum Gasteiger partial charge on any atom is -0.548 e. The first-order chi connectivity index (χ1) is 9.07. The van der Waals surface area contributed by atoms with Crippen molar-refractivity contribution in [2.45, 2.75) is 37.8 Å². The van der Waals surface area contributed by atoms with Gasteiger partial charge in [0, 0.05) is 24.9 Å². The molecular formula is C10H18N4NiO6. The van der Waals surface area contributed by atoms with Gasteiger partial charge < -0.3 is 42.7 Å². The van der Waals surface area contributed by atoms with Gasteiger partial charge in [-0.05, 0) is 12.8 Å². The molecule has 11 heteroatoms. The molecule has 2 atom stereocenters. The molecule has 0 radical (unpaired) electrons. The van der Waals surface area contributed by atoms with Crippen LogP contribution >= 0.6 is 0 Å². The van der Waals surface area contributed by atoms with Crippen LogP contribution in [0.1, 0.15) is 25.7 Å². The molecule has 0 aromatic heterocycles. The number of carboxylic acid groups (broad SMARTS) is 2. The Morgan fingerprint density at radius 2 is 1.00 bits per heavy atom. The Hall–Kier alpha value is -1.71. The summed E-state index contributed by atoms with van der Waals surface area (Å²) < 4.78 is 0. The molecule has 10 nitrogen and oxygen atoms in total. The monoisotopic (exact) mass is 348 g/mol. The van der Waals surface area contributed by atoms with E-state index in [1.807, 2.05) is 0 Å². The van der Waals surface area contributed by atoms with Crippen molar-refractivity contribution in [3.8, 4) is 0 Å². The number of amides is 2. The summed E-state index contributed by atoms with van der Waals surface area (Å²) in [6.07, 6.45) is 0.0413. The number of carbonyl (C=O) groups excluding carboxylic acids is 4. The van der Waals surface area contributed by atoms with Crippen LogP contribution in [-0.4, -0.2) is 35.8 Å². The third-order valence-corrected chi connectivity index (χ3v) is 2.01. The van der Waals surface area contributed by atoms with Gasteiger partial charge in [-0.2, -0.15) is 0 Å². The first-order valence-electron chi connectivity index (χ1n) is 5.57. The Kier molecular flexibility index (Phi) is 15.4. The van der Waals surface area contributed by atoms with Crippen molar-refractivity contribution in [3.05, 3.63) is 0 Å². The smallest absolute Gasteiger partial charge is 0.548 e. The van der Waals surface area contributed by atoms with E-state index in [2.05, 4.69) is 0 Å². The van der Waals surface area contributed by atoms with Gasteiger partial charge >= 0.3 is 16.5 Å². The molecule has 0 rings (SSSR count). The second kappa shape index (κ2) is 13.3. The number of primary amides is 2. The largest absolute Gasteiger partial charge is 2.00 e. The Bertz CT molecular complexity index is 331. The second-order valence-electron chi connectivity index (χ2n) is 3.86. The molecule has 21 heavy (non-hydrogen) atoms. The van der Waals surface area contributed by atoms with Crippen molar-refractivity contribution in [2.24, 2.45) is 22.9 Å². The number of rotatable bonds is 8. The molecule has 0 fully saturated rings. The maximum Gasteiger partial charge on any atom is 2.00 e. The van der Waals surface area contributed by atoms with Crippen molar-refractivity contribution in [2.75, 3.05) is 0 Å². The van der Waals surface area contributed by atoms with Gasteiger partial charge in [0.05, 0.1) is 11.9 Å². The Balaban J connectivity index is -0.000000295. The van der Waals surface area contributed by atoms with Crippen LogP contribution in [0.15, 0.2) is 0 Å². The predicted molar refractivity (Wildman–Crippen MR) is 62.8 cm³/mol. The molecule has 0 aromatic rings. The van der Waals surface area contributed by atoms with Crippen LogP contribution < -0.4 is 33.1 Å². The van der Waals surface area contributed by atoms with Crippen molar-refractivity contribution in [1.82, 2.24) is 0 Å². The first kappa shape index (κ1) is 24.3. The van der Waals surface area contributed by atoms with Crippen LogP contribution in [0.3, 0.4) is 0 Å². The van der Waals surface area contributed by atoms with E-state index in [0.29, 0.717) is 0 Å². The topological polar surface area (TPSA) is 218 Å². The summed E-state index contributed by atoms with van der Waals surface area (Å²) in [5.41, 5.74) is 19.5. The van der Waals surface area contributed by atoms with Gasteiger partial charge in [0.2, 0.25) is 11.8 Å². The Labute approximate surface area is 131 Å². The maximum atomic E-state index is 10.1. The fraction of sp³-hybridized carbons (Fsp3) is 0.600. The number of carboxylic acids is 2. The van der Waals surface area contributed by atoms with E-state index in [1.54, 1.807) is 0 Å². The van der Waals surface area contributed by atoms with Gasteiger partial charge in [-0.25, -0.2) is 0 Å². The number of carbonyl (C=O) groups is 4. The van der Waals surface area contributed by atoms with Crippen LogP contribution in [0.5, 0.6) is 0 Å². The summed E-state index contributed by atoms with van der Waals surface area (Å²) in [6.45, 7) is 0. The average molecular weight is 349 g/mol. The zero-order valence-electron chi connectivity index (χ0n) is 11.1. The van der Waals surface area contributed by atoms with Gasteiger partial charge in [0.25, 0.3) is 0 Å². The summed E-state index contributed by atoms with van der Waals surface area (Å²) in [5.74, 6) is -3.84. The van der Waals surface area contributed by atoms with Gasteiger partial charge in [0.15, 0.2) is 0 Å². The summed E-state index contributed by atoms with van der Waals surface area (Å²) in [6, 6.07) is -2.18. The van der Waals surface area contributed by atoms with E-state index in [9.17, 15) is 29.4 Å². The van der Waals surface area contributed by atoms with E-state index in [0.717, 1.165) is 0 Å². The molecule has 0 aliphatic heterocycles. The molecule has 2 unspecified atom stereocenters. The molecule has 0 saturated carbocycles. The first-order valence-corrected chi connectivity index (χ1v) is 5.57. The predicted octanol–water partition coefficient (Wildman–Crippen LogP) is -5.34. The SMILES string of the molecule is NC(=O)CCC(N)C(=O)[O-].NC(=O)CCC(N)C(=O)[O-].[Ni+2]. The molecule has 2 amide bonds. The number of hydrogen-bond donors (Lipinski definition) is 4. The van der Waals surface area contributed by atoms with E-state index in [1.165, 1.54) is 0 Å². The van der Waals surface area contributed by atoms with E-state index < -0.39 is 35.8 Å². The average Bonchev–Trinajstić information content (AvgIpc) is 2.33. The van der Waals surface area contributed by atoms with Gasteiger partial charge in [-0.15, -0.1) is 0 Å². The number of hydrogen-bond acceptors (Lipinski definition) is 8. The van der Waals surface area contributed by atoms with Crippen molar-refractivity contribution in [1.29, 1.82) is 0 Å². The fourth-order valence-corrected chi connectivity index (χ4v) is 0.831. The van der Waals surface area contributed by atoms with Gasteiger partial charge in [0.1, 0.15) is 0 Å². The van der Waals surface area contributed by atoms with Crippen LogP contribution in [0.4, 0.5) is 0 Å². The molecule has 0 aliphatic carbocycles. The third-order valence-electron chi connectivity index (χ3n) is 2.01. The quantitative estimate of drug-likeness (QED) is 0.309. The molecule has 0 saturated heterocycles. The molecule has 0 aromatic carbocycles. The van der Waals surface area contributed by atoms with E-state index in [-0.39, 0.29) is 42.2 Å².